The van der Waals surface area contributed by atoms with E-state index in [0.29, 0.717) is 5.75 Å². The van der Waals surface area contributed by atoms with Crippen molar-refractivity contribution in [1.29, 1.82) is 0 Å². The van der Waals surface area contributed by atoms with Crippen LogP contribution in [0.1, 0.15) is 25.3 Å². The normalized spacial score (nSPS) is 21.1. The van der Waals surface area contributed by atoms with Gasteiger partial charge >= 0.3 is 0 Å². The quantitative estimate of drug-likeness (QED) is 0.723. The number of hydrogen-bond acceptors (Lipinski definition) is 2. The van der Waals surface area contributed by atoms with Crippen LogP contribution in [0.2, 0.25) is 0 Å². The zero-order valence-electron chi connectivity index (χ0n) is 7.83. The molecule has 2 nitrogen and oxygen atoms in total. The Labute approximate surface area is 78.4 Å². The standard InChI is InChI=1S/C11H15NO/c1-8(12)11(6-7-11)9-4-2-3-5-10(9)13/h2-5,8,13H,6-7,12H2,1H3. The lowest BCUT2D eigenvalue weighted by atomic mass is 9.89. The van der Waals surface area contributed by atoms with Gasteiger partial charge in [0.25, 0.3) is 0 Å². The third kappa shape index (κ3) is 1.22. The summed E-state index contributed by atoms with van der Waals surface area (Å²) in [6.45, 7) is 2.01. The molecule has 0 aromatic heterocycles. The Bertz CT molecular complexity index is 316. The van der Waals surface area contributed by atoms with E-state index in [-0.39, 0.29) is 11.5 Å². The first kappa shape index (κ1) is 8.57. The zero-order valence-corrected chi connectivity index (χ0v) is 7.83. The topological polar surface area (TPSA) is 46.2 Å². The minimum atomic E-state index is 0.0609. The molecule has 1 saturated carbocycles. The van der Waals surface area contributed by atoms with Gasteiger partial charge in [-0.25, -0.2) is 0 Å². The second-order valence-electron chi connectivity index (χ2n) is 3.96. The summed E-state index contributed by atoms with van der Waals surface area (Å²) in [6, 6.07) is 7.64. The molecule has 1 aliphatic carbocycles. The lowest BCUT2D eigenvalue weighted by Gasteiger charge is -2.20. The monoisotopic (exact) mass is 177 g/mol. The number of nitrogens with two attached hydrogens (primary N) is 1. The molecule has 0 radical (unpaired) electrons. The summed E-state index contributed by atoms with van der Waals surface area (Å²) in [5.74, 6) is 0.386. The first-order valence-electron chi connectivity index (χ1n) is 4.71. The molecule has 1 fully saturated rings. The number of rotatable bonds is 2. The van der Waals surface area contributed by atoms with Crippen molar-refractivity contribution in [3.8, 4) is 5.75 Å². The van der Waals surface area contributed by atoms with Gasteiger partial charge in [0.05, 0.1) is 0 Å². The highest BCUT2D eigenvalue weighted by Gasteiger charge is 2.48. The molecule has 2 heteroatoms. The highest BCUT2D eigenvalue weighted by atomic mass is 16.3. The van der Waals surface area contributed by atoms with Gasteiger partial charge in [-0.05, 0) is 25.8 Å². The zero-order chi connectivity index (χ0) is 9.47. The van der Waals surface area contributed by atoms with Crippen molar-refractivity contribution in [2.45, 2.75) is 31.2 Å². The second kappa shape index (κ2) is 2.74. The maximum Gasteiger partial charge on any atom is 0.119 e. The van der Waals surface area contributed by atoms with Gasteiger partial charge in [0.15, 0.2) is 0 Å². The van der Waals surface area contributed by atoms with E-state index in [2.05, 4.69) is 0 Å². The fourth-order valence-corrected chi connectivity index (χ4v) is 2.00. The number of aromatic hydroxyl groups is 1. The Kier molecular flexibility index (Phi) is 1.81. The molecular formula is C11H15NO. The van der Waals surface area contributed by atoms with Crippen molar-refractivity contribution in [3.63, 3.8) is 0 Å². The second-order valence-corrected chi connectivity index (χ2v) is 3.96. The summed E-state index contributed by atoms with van der Waals surface area (Å²) >= 11 is 0. The van der Waals surface area contributed by atoms with Crippen molar-refractivity contribution in [3.05, 3.63) is 29.8 Å². The van der Waals surface area contributed by atoms with E-state index in [1.165, 1.54) is 0 Å². The summed E-state index contributed by atoms with van der Waals surface area (Å²) in [7, 11) is 0. The molecule has 1 unspecified atom stereocenters. The summed E-state index contributed by atoms with van der Waals surface area (Å²) in [5.41, 5.74) is 7.00. The molecule has 1 aromatic carbocycles. The molecule has 2 rings (SSSR count). The van der Waals surface area contributed by atoms with Crippen LogP contribution in [0, 0.1) is 0 Å². The minimum absolute atomic E-state index is 0.0609. The highest BCUT2D eigenvalue weighted by molar-refractivity contribution is 5.43. The first-order valence-corrected chi connectivity index (χ1v) is 4.71. The Balaban J connectivity index is 2.41. The Morgan fingerprint density at radius 2 is 2.00 bits per heavy atom. The van der Waals surface area contributed by atoms with E-state index in [0.717, 1.165) is 18.4 Å². The molecule has 0 aliphatic heterocycles. The fourth-order valence-electron chi connectivity index (χ4n) is 2.00. The van der Waals surface area contributed by atoms with Gasteiger partial charge in [-0.15, -0.1) is 0 Å². The summed E-state index contributed by atoms with van der Waals surface area (Å²) in [5, 5.41) is 9.68. The van der Waals surface area contributed by atoms with Crippen molar-refractivity contribution < 1.29 is 5.11 Å². The van der Waals surface area contributed by atoms with Gasteiger partial charge in [-0.1, -0.05) is 18.2 Å². The molecule has 1 atom stereocenters. The lowest BCUT2D eigenvalue weighted by molar-refractivity contribution is 0.446. The Hall–Kier alpha value is -1.02. The van der Waals surface area contributed by atoms with Crippen molar-refractivity contribution in [2.24, 2.45) is 5.73 Å². The van der Waals surface area contributed by atoms with Gasteiger partial charge in [-0.2, -0.15) is 0 Å². The first-order chi connectivity index (χ1) is 6.17. The highest BCUT2D eigenvalue weighted by Crippen LogP contribution is 2.52. The number of hydrogen-bond donors (Lipinski definition) is 2. The molecule has 0 saturated heterocycles. The van der Waals surface area contributed by atoms with Crippen molar-refractivity contribution >= 4 is 0 Å². The van der Waals surface area contributed by atoms with Crippen molar-refractivity contribution in [2.75, 3.05) is 0 Å². The number of benzene rings is 1. The predicted octanol–water partition coefficient (Wildman–Crippen LogP) is 1.77. The summed E-state index contributed by atoms with van der Waals surface area (Å²) in [4.78, 5) is 0. The Morgan fingerprint density at radius 3 is 2.46 bits per heavy atom. The van der Waals surface area contributed by atoms with Crippen LogP contribution in [0.4, 0.5) is 0 Å². The van der Waals surface area contributed by atoms with Gasteiger partial charge in [0.2, 0.25) is 0 Å². The van der Waals surface area contributed by atoms with E-state index in [1.54, 1.807) is 6.07 Å². The molecule has 3 N–H and O–H groups in total. The van der Waals surface area contributed by atoms with Crippen LogP contribution < -0.4 is 5.73 Å². The molecule has 0 heterocycles. The number of phenolic OH excluding ortho intramolecular Hbond substituents is 1. The summed E-state index contributed by atoms with van der Waals surface area (Å²) in [6.07, 6.45) is 2.20. The van der Waals surface area contributed by atoms with Crippen LogP contribution in [0.25, 0.3) is 0 Å². The van der Waals surface area contributed by atoms with E-state index in [4.69, 9.17) is 5.73 Å². The Morgan fingerprint density at radius 1 is 1.38 bits per heavy atom. The predicted molar refractivity (Wildman–Crippen MR) is 52.7 cm³/mol. The molecule has 13 heavy (non-hydrogen) atoms. The molecule has 0 bridgehead atoms. The smallest absolute Gasteiger partial charge is 0.119 e. The van der Waals surface area contributed by atoms with Crippen LogP contribution in [0.3, 0.4) is 0 Å². The lowest BCUT2D eigenvalue weighted by Crippen LogP contribution is -2.31. The average Bonchev–Trinajstić information content (AvgIpc) is 2.85. The van der Waals surface area contributed by atoms with Crippen LogP contribution in [0.5, 0.6) is 5.75 Å². The SMILES string of the molecule is CC(N)C1(c2ccccc2O)CC1. The molecule has 0 amide bonds. The van der Waals surface area contributed by atoms with E-state index < -0.39 is 0 Å². The summed E-state index contributed by atoms with van der Waals surface area (Å²) < 4.78 is 0. The molecule has 1 aliphatic rings. The molecule has 1 aromatic rings. The van der Waals surface area contributed by atoms with Crippen LogP contribution >= 0.6 is 0 Å². The largest absolute Gasteiger partial charge is 0.508 e. The third-order valence-corrected chi connectivity index (χ3v) is 3.10. The van der Waals surface area contributed by atoms with E-state index in [9.17, 15) is 5.11 Å². The van der Waals surface area contributed by atoms with Crippen molar-refractivity contribution in [1.82, 2.24) is 0 Å². The maximum atomic E-state index is 9.68. The molecule has 70 valence electrons. The van der Waals surface area contributed by atoms with Gasteiger partial charge in [-0.3, -0.25) is 0 Å². The van der Waals surface area contributed by atoms with E-state index in [1.807, 2.05) is 25.1 Å². The van der Waals surface area contributed by atoms with Crippen LogP contribution in [-0.2, 0) is 5.41 Å². The average molecular weight is 177 g/mol. The van der Waals surface area contributed by atoms with Gasteiger partial charge < -0.3 is 10.8 Å². The molecule has 0 spiro atoms. The fraction of sp³-hybridized carbons (Fsp3) is 0.455. The number of phenols is 1. The third-order valence-electron chi connectivity index (χ3n) is 3.10. The van der Waals surface area contributed by atoms with Crippen LogP contribution in [-0.4, -0.2) is 11.1 Å². The van der Waals surface area contributed by atoms with Crippen LogP contribution in [0.15, 0.2) is 24.3 Å². The maximum absolute atomic E-state index is 9.68. The van der Waals surface area contributed by atoms with E-state index >= 15 is 0 Å². The minimum Gasteiger partial charge on any atom is -0.508 e. The molecular weight excluding hydrogens is 162 g/mol. The van der Waals surface area contributed by atoms with Gasteiger partial charge in [0, 0.05) is 17.0 Å². The van der Waals surface area contributed by atoms with Gasteiger partial charge in [0.1, 0.15) is 5.75 Å². The number of para-hydroxylation sites is 1.